The molecule has 1 aromatic rings. The first-order chi connectivity index (χ1) is 8.70. The van der Waals surface area contributed by atoms with Gasteiger partial charge in [-0.05, 0) is 39.0 Å². The van der Waals surface area contributed by atoms with Crippen molar-refractivity contribution in [1.82, 2.24) is 9.97 Å². The van der Waals surface area contributed by atoms with Crippen LogP contribution in [0.3, 0.4) is 0 Å². The normalized spacial score (nSPS) is 19.1. The van der Waals surface area contributed by atoms with Crippen molar-refractivity contribution in [3.8, 4) is 0 Å². The molecule has 2 aliphatic carbocycles. The van der Waals surface area contributed by atoms with Crippen LogP contribution in [0.15, 0.2) is 0 Å². The number of hydrogen-bond donors (Lipinski definition) is 0. The van der Waals surface area contributed by atoms with Crippen molar-refractivity contribution in [3.63, 3.8) is 0 Å². The number of anilines is 1. The van der Waals surface area contributed by atoms with Crippen LogP contribution in [0.2, 0.25) is 5.15 Å². The maximum Gasteiger partial charge on any atom is 0.137 e. The van der Waals surface area contributed by atoms with Gasteiger partial charge in [0.05, 0.1) is 0 Å². The van der Waals surface area contributed by atoms with E-state index >= 15 is 0 Å². The molecule has 0 amide bonds. The third-order valence-corrected chi connectivity index (χ3v) is 4.11. The molecule has 0 aromatic carbocycles. The molecule has 0 aliphatic heterocycles. The van der Waals surface area contributed by atoms with Gasteiger partial charge < -0.3 is 4.90 Å². The van der Waals surface area contributed by atoms with Gasteiger partial charge in [0.2, 0.25) is 0 Å². The van der Waals surface area contributed by atoms with Crippen LogP contribution in [0.5, 0.6) is 0 Å². The van der Waals surface area contributed by atoms with Crippen LogP contribution in [0.1, 0.15) is 56.3 Å². The van der Waals surface area contributed by atoms with Gasteiger partial charge in [-0.25, -0.2) is 9.97 Å². The summed E-state index contributed by atoms with van der Waals surface area (Å²) in [7, 11) is 0. The zero-order valence-electron chi connectivity index (χ0n) is 11.1. The fourth-order valence-electron chi connectivity index (χ4n) is 2.39. The fourth-order valence-corrected chi connectivity index (χ4v) is 2.56. The van der Waals surface area contributed by atoms with E-state index in [0.717, 1.165) is 30.2 Å². The zero-order chi connectivity index (χ0) is 12.7. The van der Waals surface area contributed by atoms with Gasteiger partial charge in [-0.1, -0.05) is 18.5 Å². The van der Waals surface area contributed by atoms with E-state index < -0.39 is 0 Å². The Hall–Kier alpha value is -0.830. The number of halogens is 1. The van der Waals surface area contributed by atoms with Crippen molar-refractivity contribution in [2.75, 3.05) is 11.4 Å². The van der Waals surface area contributed by atoms with Gasteiger partial charge in [0, 0.05) is 24.1 Å². The molecular weight excluding hydrogens is 246 g/mol. The van der Waals surface area contributed by atoms with Crippen LogP contribution in [-0.4, -0.2) is 22.6 Å². The van der Waals surface area contributed by atoms with Crippen LogP contribution in [0, 0.1) is 6.92 Å². The predicted octanol–water partition coefficient (Wildman–Crippen LogP) is 3.69. The van der Waals surface area contributed by atoms with Crippen LogP contribution >= 0.6 is 11.6 Å². The van der Waals surface area contributed by atoms with Gasteiger partial charge in [0.1, 0.15) is 16.8 Å². The lowest BCUT2D eigenvalue weighted by Crippen LogP contribution is -2.28. The molecule has 0 radical (unpaired) electrons. The molecule has 3 rings (SSSR count). The molecule has 1 aromatic heterocycles. The summed E-state index contributed by atoms with van der Waals surface area (Å²) >= 11 is 6.28. The molecule has 4 heteroatoms. The molecule has 2 saturated carbocycles. The Morgan fingerprint density at radius 3 is 2.50 bits per heavy atom. The average Bonchev–Trinajstić information content (AvgIpc) is 3.21. The second-order valence-electron chi connectivity index (χ2n) is 5.52. The van der Waals surface area contributed by atoms with Gasteiger partial charge >= 0.3 is 0 Å². The summed E-state index contributed by atoms with van der Waals surface area (Å²) in [6.07, 6.45) is 6.17. The first-order valence-electron chi connectivity index (χ1n) is 7.01. The molecule has 0 unspecified atom stereocenters. The highest BCUT2D eigenvalue weighted by Gasteiger charge is 2.33. The SMILES string of the molecule is CCCN(c1nc(C2CC2)nc(Cl)c1C)C1CC1. The van der Waals surface area contributed by atoms with Crippen LogP contribution in [0.4, 0.5) is 5.82 Å². The molecule has 0 atom stereocenters. The lowest BCUT2D eigenvalue weighted by atomic mass is 10.2. The Labute approximate surface area is 114 Å². The van der Waals surface area contributed by atoms with E-state index in [1.54, 1.807) is 0 Å². The summed E-state index contributed by atoms with van der Waals surface area (Å²) < 4.78 is 0. The molecule has 3 nitrogen and oxygen atoms in total. The van der Waals surface area contributed by atoms with E-state index in [9.17, 15) is 0 Å². The van der Waals surface area contributed by atoms with Crippen LogP contribution < -0.4 is 4.90 Å². The first-order valence-corrected chi connectivity index (χ1v) is 7.39. The van der Waals surface area contributed by atoms with Crippen molar-refractivity contribution in [2.24, 2.45) is 0 Å². The maximum absolute atomic E-state index is 6.28. The molecule has 18 heavy (non-hydrogen) atoms. The third-order valence-electron chi connectivity index (χ3n) is 3.74. The topological polar surface area (TPSA) is 29.0 Å². The molecule has 2 fully saturated rings. The summed E-state index contributed by atoms with van der Waals surface area (Å²) in [5, 5.41) is 0.642. The van der Waals surface area contributed by atoms with Crippen molar-refractivity contribution in [2.45, 2.75) is 57.9 Å². The third kappa shape index (κ3) is 2.33. The Morgan fingerprint density at radius 1 is 1.22 bits per heavy atom. The highest BCUT2D eigenvalue weighted by molar-refractivity contribution is 6.30. The Kier molecular flexibility index (Phi) is 3.18. The minimum absolute atomic E-state index is 0.560. The number of nitrogens with zero attached hydrogens (tertiary/aromatic N) is 3. The summed E-state index contributed by atoms with van der Waals surface area (Å²) in [4.78, 5) is 11.7. The fraction of sp³-hybridized carbons (Fsp3) is 0.714. The summed E-state index contributed by atoms with van der Waals surface area (Å²) in [5.41, 5.74) is 1.04. The first kappa shape index (κ1) is 12.2. The van der Waals surface area contributed by atoms with Crippen molar-refractivity contribution >= 4 is 17.4 Å². The number of rotatable bonds is 5. The van der Waals surface area contributed by atoms with Crippen LogP contribution in [-0.2, 0) is 0 Å². The Bertz CT molecular complexity index is 453. The molecule has 0 N–H and O–H groups in total. The molecule has 0 bridgehead atoms. The van der Waals surface area contributed by atoms with Crippen molar-refractivity contribution in [1.29, 1.82) is 0 Å². The summed E-state index contributed by atoms with van der Waals surface area (Å²) in [6.45, 7) is 5.33. The van der Waals surface area contributed by atoms with Gasteiger partial charge in [-0.3, -0.25) is 0 Å². The average molecular weight is 266 g/mol. The van der Waals surface area contributed by atoms with E-state index in [1.807, 2.05) is 6.92 Å². The van der Waals surface area contributed by atoms with Crippen LogP contribution in [0.25, 0.3) is 0 Å². The van der Waals surface area contributed by atoms with Gasteiger partial charge in [-0.2, -0.15) is 0 Å². The predicted molar refractivity (Wildman–Crippen MR) is 74.4 cm³/mol. The summed E-state index contributed by atoms with van der Waals surface area (Å²) in [6, 6.07) is 0.682. The second-order valence-corrected chi connectivity index (χ2v) is 5.88. The molecule has 0 spiro atoms. The number of hydrogen-bond acceptors (Lipinski definition) is 3. The highest BCUT2D eigenvalue weighted by atomic mass is 35.5. The van der Waals surface area contributed by atoms with E-state index in [2.05, 4.69) is 16.8 Å². The highest BCUT2D eigenvalue weighted by Crippen LogP contribution is 2.41. The monoisotopic (exact) mass is 265 g/mol. The molecule has 0 saturated heterocycles. The summed E-state index contributed by atoms with van der Waals surface area (Å²) in [5.74, 6) is 2.60. The molecule has 1 heterocycles. The van der Waals surface area contributed by atoms with E-state index in [1.165, 1.54) is 25.7 Å². The Balaban J connectivity index is 1.96. The maximum atomic E-state index is 6.28. The number of aromatic nitrogens is 2. The standard InChI is InChI=1S/C14H20ClN3/c1-3-8-18(11-6-7-11)14-9(2)12(15)16-13(17-14)10-4-5-10/h10-11H,3-8H2,1-2H3. The lowest BCUT2D eigenvalue weighted by molar-refractivity contribution is 0.737. The van der Waals surface area contributed by atoms with Gasteiger partial charge in [0.15, 0.2) is 0 Å². The second kappa shape index (κ2) is 4.69. The van der Waals surface area contributed by atoms with Gasteiger partial charge in [-0.15, -0.1) is 0 Å². The lowest BCUT2D eigenvalue weighted by Gasteiger charge is -2.25. The van der Waals surface area contributed by atoms with E-state index in [-0.39, 0.29) is 0 Å². The minimum Gasteiger partial charge on any atom is -0.353 e. The molecule has 98 valence electrons. The smallest absolute Gasteiger partial charge is 0.137 e. The van der Waals surface area contributed by atoms with Crippen molar-refractivity contribution < 1.29 is 0 Å². The zero-order valence-corrected chi connectivity index (χ0v) is 11.9. The minimum atomic E-state index is 0.560. The van der Waals surface area contributed by atoms with E-state index in [4.69, 9.17) is 16.6 Å². The van der Waals surface area contributed by atoms with E-state index in [0.29, 0.717) is 17.1 Å². The quantitative estimate of drug-likeness (QED) is 0.761. The molecule has 2 aliphatic rings. The van der Waals surface area contributed by atoms with Gasteiger partial charge in [0.25, 0.3) is 0 Å². The molecular formula is C14H20ClN3. The Morgan fingerprint density at radius 2 is 1.94 bits per heavy atom. The largest absolute Gasteiger partial charge is 0.353 e. The van der Waals surface area contributed by atoms with Crippen molar-refractivity contribution in [3.05, 3.63) is 16.5 Å².